The minimum absolute atomic E-state index is 0.289. The van der Waals surface area contributed by atoms with E-state index in [4.69, 9.17) is 4.42 Å². The van der Waals surface area contributed by atoms with Gasteiger partial charge in [-0.2, -0.15) is 0 Å². The highest BCUT2D eigenvalue weighted by molar-refractivity contribution is 5.56. The maximum absolute atomic E-state index is 5.15. The molecule has 1 N–H and O–H groups in total. The molecule has 0 amide bonds. The zero-order chi connectivity index (χ0) is 12.4. The van der Waals surface area contributed by atoms with Crippen LogP contribution < -0.4 is 5.32 Å². The van der Waals surface area contributed by atoms with Gasteiger partial charge in [0.15, 0.2) is 0 Å². The molecule has 0 bridgehead atoms. The number of aryl methyl sites for hydroxylation is 1. The third-order valence-corrected chi connectivity index (χ3v) is 3.81. The standard InChI is InChI=1S/C16H19NO/c1-12(14-9-10-18-11-14)17-16-8-4-6-13-5-2-3-7-15(13)16/h4,6,8-12,17H,2-3,5,7H2,1H3. The lowest BCUT2D eigenvalue weighted by Gasteiger charge is -2.22. The van der Waals surface area contributed by atoms with Crippen LogP contribution in [-0.4, -0.2) is 0 Å². The minimum Gasteiger partial charge on any atom is -0.472 e. The van der Waals surface area contributed by atoms with Crippen LogP contribution in [-0.2, 0) is 12.8 Å². The highest BCUT2D eigenvalue weighted by Gasteiger charge is 2.14. The van der Waals surface area contributed by atoms with E-state index in [9.17, 15) is 0 Å². The van der Waals surface area contributed by atoms with Crippen LogP contribution >= 0.6 is 0 Å². The summed E-state index contributed by atoms with van der Waals surface area (Å²) in [6.07, 6.45) is 8.61. The van der Waals surface area contributed by atoms with E-state index >= 15 is 0 Å². The molecule has 0 spiro atoms. The number of anilines is 1. The Hall–Kier alpha value is -1.70. The summed E-state index contributed by atoms with van der Waals surface area (Å²) in [6, 6.07) is 8.93. The number of benzene rings is 1. The van der Waals surface area contributed by atoms with Crippen LogP contribution in [0.15, 0.2) is 41.2 Å². The predicted molar refractivity (Wildman–Crippen MR) is 73.8 cm³/mol. The fourth-order valence-corrected chi connectivity index (χ4v) is 2.75. The Bertz CT molecular complexity index is 516. The average Bonchev–Trinajstić information content (AvgIpc) is 2.93. The zero-order valence-corrected chi connectivity index (χ0v) is 10.8. The summed E-state index contributed by atoms with van der Waals surface area (Å²) in [6.45, 7) is 2.17. The Kier molecular flexibility index (Phi) is 3.09. The van der Waals surface area contributed by atoms with Crippen molar-refractivity contribution in [3.05, 3.63) is 53.5 Å². The summed E-state index contributed by atoms with van der Waals surface area (Å²) in [5.74, 6) is 0. The number of hydrogen-bond acceptors (Lipinski definition) is 2. The van der Waals surface area contributed by atoms with Gasteiger partial charge >= 0.3 is 0 Å². The van der Waals surface area contributed by atoms with Crippen molar-refractivity contribution in [3.63, 3.8) is 0 Å². The van der Waals surface area contributed by atoms with E-state index in [1.165, 1.54) is 48.1 Å². The van der Waals surface area contributed by atoms with Crippen molar-refractivity contribution in [2.75, 3.05) is 5.32 Å². The second-order valence-electron chi connectivity index (χ2n) is 5.07. The van der Waals surface area contributed by atoms with Crippen LogP contribution in [0.5, 0.6) is 0 Å². The van der Waals surface area contributed by atoms with Crippen molar-refractivity contribution in [1.82, 2.24) is 0 Å². The molecule has 1 aromatic heterocycles. The van der Waals surface area contributed by atoms with Crippen LogP contribution in [0.3, 0.4) is 0 Å². The smallest absolute Gasteiger partial charge is 0.0955 e. The van der Waals surface area contributed by atoms with E-state index in [2.05, 4.69) is 30.4 Å². The molecule has 0 radical (unpaired) electrons. The first-order chi connectivity index (χ1) is 8.84. The van der Waals surface area contributed by atoms with Gasteiger partial charge in [-0.05, 0) is 55.9 Å². The molecular formula is C16H19NO. The molecule has 1 aliphatic carbocycles. The first-order valence-electron chi connectivity index (χ1n) is 6.74. The molecule has 1 atom stereocenters. The molecular weight excluding hydrogens is 222 g/mol. The van der Waals surface area contributed by atoms with Crippen LogP contribution in [0, 0.1) is 0 Å². The van der Waals surface area contributed by atoms with E-state index < -0.39 is 0 Å². The second kappa shape index (κ2) is 4.89. The Morgan fingerprint density at radius 2 is 2.06 bits per heavy atom. The molecule has 94 valence electrons. The van der Waals surface area contributed by atoms with Gasteiger partial charge in [0.25, 0.3) is 0 Å². The summed E-state index contributed by atoms with van der Waals surface area (Å²) in [7, 11) is 0. The Balaban J connectivity index is 1.84. The van der Waals surface area contributed by atoms with E-state index in [-0.39, 0.29) is 6.04 Å². The van der Waals surface area contributed by atoms with Crippen molar-refractivity contribution >= 4 is 5.69 Å². The van der Waals surface area contributed by atoms with Crippen LogP contribution in [0.25, 0.3) is 0 Å². The SMILES string of the molecule is CC(Nc1cccc2c1CCCC2)c1ccoc1. The first kappa shape index (κ1) is 11.4. The third kappa shape index (κ3) is 2.15. The van der Waals surface area contributed by atoms with Crippen molar-refractivity contribution < 1.29 is 4.42 Å². The van der Waals surface area contributed by atoms with Crippen LogP contribution in [0.1, 0.15) is 42.5 Å². The van der Waals surface area contributed by atoms with E-state index in [1.807, 2.05) is 12.3 Å². The van der Waals surface area contributed by atoms with Crippen LogP contribution in [0.2, 0.25) is 0 Å². The molecule has 2 nitrogen and oxygen atoms in total. The Morgan fingerprint density at radius 3 is 2.89 bits per heavy atom. The van der Waals surface area contributed by atoms with Gasteiger partial charge in [-0.1, -0.05) is 12.1 Å². The van der Waals surface area contributed by atoms with Crippen molar-refractivity contribution in [2.45, 2.75) is 38.6 Å². The molecule has 0 saturated carbocycles. The highest BCUT2D eigenvalue weighted by atomic mass is 16.3. The highest BCUT2D eigenvalue weighted by Crippen LogP contribution is 2.30. The number of hydrogen-bond donors (Lipinski definition) is 1. The van der Waals surface area contributed by atoms with Crippen molar-refractivity contribution in [2.24, 2.45) is 0 Å². The molecule has 2 aromatic rings. The molecule has 1 heterocycles. The van der Waals surface area contributed by atoms with Gasteiger partial charge in [0.05, 0.1) is 18.6 Å². The van der Waals surface area contributed by atoms with Gasteiger partial charge in [0.1, 0.15) is 0 Å². The maximum Gasteiger partial charge on any atom is 0.0955 e. The fraction of sp³-hybridized carbons (Fsp3) is 0.375. The number of rotatable bonds is 3. The van der Waals surface area contributed by atoms with Gasteiger partial charge < -0.3 is 9.73 Å². The monoisotopic (exact) mass is 241 g/mol. The number of furan rings is 1. The molecule has 3 rings (SSSR count). The maximum atomic E-state index is 5.15. The number of nitrogens with one attached hydrogen (secondary N) is 1. The molecule has 1 aliphatic rings. The largest absolute Gasteiger partial charge is 0.472 e. The minimum atomic E-state index is 0.289. The summed E-state index contributed by atoms with van der Waals surface area (Å²) >= 11 is 0. The lowest BCUT2D eigenvalue weighted by molar-refractivity contribution is 0.562. The van der Waals surface area contributed by atoms with Crippen LogP contribution in [0.4, 0.5) is 5.69 Å². The quantitative estimate of drug-likeness (QED) is 0.865. The molecule has 1 aromatic carbocycles. The molecule has 2 heteroatoms. The lowest BCUT2D eigenvalue weighted by atomic mass is 9.90. The Morgan fingerprint density at radius 1 is 1.17 bits per heavy atom. The summed E-state index contributed by atoms with van der Waals surface area (Å²) in [5.41, 5.74) is 5.52. The topological polar surface area (TPSA) is 25.2 Å². The van der Waals surface area contributed by atoms with Gasteiger partial charge in [0, 0.05) is 11.3 Å². The molecule has 0 saturated heterocycles. The van der Waals surface area contributed by atoms with Gasteiger partial charge in [-0.15, -0.1) is 0 Å². The predicted octanol–water partition coefficient (Wildman–Crippen LogP) is 4.33. The van der Waals surface area contributed by atoms with E-state index in [1.54, 1.807) is 6.26 Å². The van der Waals surface area contributed by atoms with E-state index in [0.29, 0.717) is 0 Å². The first-order valence-corrected chi connectivity index (χ1v) is 6.74. The molecule has 18 heavy (non-hydrogen) atoms. The summed E-state index contributed by atoms with van der Waals surface area (Å²) in [5, 5.41) is 3.61. The van der Waals surface area contributed by atoms with Crippen molar-refractivity contribution in [1.29, 1.82) is 0 Å². The Labute approximate surface area is 108 Å². The van der Waals surface area contributed by atoms with E-state index in [0.717, 1.165) is 0 Å². The second-order valence-corrected chi connectivity index (χ2v) is 5.07. The summed E-state index contributed by atoms with van der Waals surface area (Å²) < 4.78 is 5.15. The van der Waals surface area contributed by atoms with Crippen molar-refractivity contribution in [3.8, 4) is 0 Å². The lowest BCUT2D eigenvalue weighted by Crippen LogP contribution is -2.11. The third-order valence-electron chi connectivity index (χ3n) is 3.81. The summed E-state index contributed by atoms with van der Waals surface area (Å²) in [4.78, 5) is 0. The fourth-order valence-electron chi connectivity index (χ4n) is 2.75. The molecule has 0 fully saturated rings. The molecule has 1 unspecified atom stereocenters. The zero-order valence-electron chi connectivity index (χ0n) is 10.8. The van der Waals surface area contributed by atoms with Gasteiger partial charge in [-0.25, -0.2) is 0 Å². The molecule has 0 aliphatic heterocycles. The van der Waals surface area contributed by atoms with Gasteiger partial charge in [-0.3, -0.25) is 0 Å². The number of fused-ring (bicyclic) bond motifs is 1. The van der Waals surface area contributed by atoms with Gasteiger partial charge in [0.2, 0.25) is 0 Å². The normalized spacial score (nSPS) is 16.1. The average molecular weight is 241 g/mol.